The summed E-state index contributed by atoms with van der Waals surface area (Å²) in [6.45, 7) is 2.87. The van der Waals surface area contributed by atoms with Crippen molar-refractivity contribution in [2.45, 2.75) is 45.2 Å². The molecule has 24 heavy (non-hydrogen) atoms. The Balaban J connectivity index is 0.00000288. The first-order valence-corrected chi connectivity index (χ1v) is 8.36. The Morgan fingerprint density at radius 3 is 2.38 bits per heavy atom. The van der Waals surface area contributed by atoms with Crippen LogP contribution in [-0.4, -0.2) is 36.3 Å². The number of carbonyl (C=O) groups is 2. The van der Waals surface area contributed by atoms with Crippen molar-refractivity contribution in [1.29, 1.82) is 0 Å². The normalized spacial score (nSPS) is 15.5. The summed E-state index contributed by atoms with van der Waals surface area (Å²) in [5.74, 6) is 0.297. The van der Waals surface area contributed by atoms with E-state index < -0.39 is 0 Å². The van der Waals surface area contributed by atoms with E-state index in [2.05, 4.69) is 5.32 Å². The minimum Gasteiger partial charge on any atom is -0.352 e. The second kappa shape index (κ2) is 9.64. The Morgan fingerprint density at radius 2 is 1.83 bits per heavy atom. The number of likely N-dealkylation sites (N-methyl/N-ethyl adjacent to an activating group) is 1. The van der Waals surface area contributed by atoms with E-state index in [1.54, 1.807) is 24.1 Å². The summed E-state index contributed by atoms with van der Waals surface area (Å²) in [4.78, 5) is 26.0. The Labute approximate surface area is 150 Å². The van der Waals surface area contributed by atoms with E-state index in [9.17, 15) is 9.59 Å². The molecule has 2 rings (SSSR count). The van der Waals surface area contributed by atoms with Gasteiger partial charge in [-0.2, -0.15) is 0 Å². The largest absolute Gasteiger partial charge is 0.352 e. The lowest BCUT2D eigenvalue weighted by molar-refractivity contribution is -0.124. The van der Waals surface area contributed by atoms with Crippen molar-refractivity contribution in [2.24, 2.45) is 11.7 Å². The number of hydrogen-bond donors (Lipinski definition) is 2. The van der Waals surface area contributed by atoms with Crippen LogP contribution in [0.3, 0.4) is 0 Å². The smallest absolute Gasteiger partial charge is 0.253 e. The number of benzene rings is 1. The first-order valence-electron chi connectivity index (χ1n) is 8.36. The van der Waals surface area contributed by atoms with Gasteiger partial charge in [0.2, 0.25) is 5.91 Å². The Morgan fingerprint density at radius 1 is 1.25 bits per heavy atom. The molecule has 0 aliphatic heterocycles. The molecule has 2 amide bonds. The van der Waals surface area contributed by atoms with Gasteiger partial charge in [0.1, 0.15) is 0 Å². The van der Waals surface area contributed by atoms with Crippen LogP contribution in [-0.2, 0) is 11.3 Å². The zero-order valence-corrected chi connectivity index (χ0v) is 15.3. The highest BCUT2D eigenvalue weighted by Gasteiger charge is 2.22. The molecule has 1 unspecified atom stereocenters. The van der Waals surface area contributed by atoms with Gasteiger partial charge in [0.25, 0.3) is 5.91 Å². The fourth-order valence-corrected chi connectivity index (χ4v) is 2.85. The molecule has 1 aliphatic rings. The number of halogens is 1. The summed E-state index contributed by atoms with van der Waals surface area (Å²) in [6, 6.07) is 7.40. The molecule has 6 heteroatoms. The van der Waals surface area contributed by atoms with Gasteiger partial charge in [0, 0.05) is 37.7 Å². The molecular weight excluding hydrogens is 326 g/mol. The van der Waals surface area contributed by atoms with Gasteiger partial charge in [-0.15, -0.1) is 12.4 Å². The average Bonchev–Trinajstić information content (AvgIpc) is 3.12. The Bertz CT molecular complexity index is 542. The molecule has 1 saturated carbocycles. The van der Waals surface area contributed by atoms with Crippen LogP contribution in [0.4, 0.5) is 0 Å². The third kappa shape index (κ3) is 5.21. The fraction of sp³-hybridized carbons (Fsp3) is 0.556. The zero-order chi connectivity index (χ0) is 16.8. The van der Waals surface area contributed by atoms with Gasteiger partial charge in [-0.1, -0.05) is 25.0 Å². The summed E-state index contributed by atoms with van der Waals surface area (Å²) in [6.07, 6.45) is 4.32. The van der Waals surface area contributed by atoms with Crippen LogP contribution in [0.25, 0.3) is 0 Å². The predicted molar refractivity (Wildman–Crippen MR) is 98.1 cm³/mol. The van der Waals surface area contributed by atoms with Crippen molar-refractivity contribution in [2.75, 3.05) is 13.6 Å². The molecule has 0 heterocycles. The minimum atomic E-state index is -0.0375. The van der Waals surface area contributed by atoms with Gasteiger partial charge in [-0.3, -0.25) is 9.59 Å². The molecule has 0 saturated heterocycles. The third-order valence-electron chi connectivity index (χ3n) is 4.72. The SMILES string of the molecule is CC(CN)N(C)C(=O)c1ccc(CNC(=O)C2CCCC2)cc1.Cl. The third-order valence-corrected chi connectivity index (χ3v) is 4.72. The quantitative estimate of drug-likeness (QED) is 0.824. The van der Waals surface area contributed by atoms with Crippen LogP contribution in [0.5, 0.6) is 0 Å². The second-order valence-corrected chi connectivity index (χ2v) is 6.40. The van der Waals surface area contributed by atoms with Crippen molar-refractivity contribution in [3.8, 4) is 0 Å². The van der Waals surface area contributed by atoms with Crippen LogP contribution in [0.15, 0.2) is 24.3 Å². The van der Waals surface area contributed by atoms with Crippen LogP contribution in [0.1, 0.15) is 48.5 Å². The van der Waals surface area contributed by atoms with E-state index in [1.807, 2.05) is 19.1 Å². The van der Waals surface area contributed by atoms with Crippen molar-refractivity contribution < 1.29 is 9.59 Å². The lowest BCUT2D eigenvalue weighted by atomic mass is 10.1. The predicted octanol–water partition coefficient (Wildman–Crippen LogP) is 2.33. The van der Waals surface area contributed by atoms with Gasteiger partial charge in [0.05, 0.1) is 0 Å². The molecule has 3 N–H and O–H groups in total. The number of amides is 2. The molecule has 0 bridgehead atoms. The van der Waals surface area contributed by atoms with Gasteiger partial charge in [0.15, 0.2) is 0 Å². The molecule has 1 aromatic carbocycles. The molecule has 5 nitrogen and oxygen atoms in total. The molecule has 1 atom stereocenters. The zero-order valence-electron chi connectivity index (χ0n) is 14.5. The molecule has 1 aliphatic carbocycles. The maximum absolute atomic E-state index is 12.3. The molecule has 1 fully saturated rings. The van der Waals surface area contributed by atoms with Crippen LogP contribution < -0.4 is 11.1 Å². The highest BCUT2D eigenvalue weighted by atomic mass is 35.5. The summed E-state index contributed by atoms with van der Waals surface area (Å²) in [5, 5.41) is 2.99. The van der Waals surface area contributed by atoms with Gasteiger partial charge < -0.3 is 16.0 Å². The Kier molecular flexibility index (Phi) is 8.22. The topological polar surface area (TPSA) is 75.4 Å². The Hall–Kier alpha value is -1.59. The van der Waals surface area contributed by atoms with Crippen molar-refractivity contribution >= 4 is 24.2 Å². The van der Waals surface area contributed by atoms with Gasteiger partial charge >= 0.3 is 0 Å². The molecular formula is C18H28ClN3O2. The number of carbonyl (C=O) groups excluding carboxylic acids is 2. The number of nitrogens with zero attached hydrogens (tertiary/aromatic N) is 1. The van der Waals surface area contributed by atoms with E-state index in [1.165, 1.54) is 0 Å². The van der Waals surface area contributed by atoms with Crippen molar-refractivity contribution in [1.82, 2.24) is 10.2 Å². The van der Waals surface area contributed by atoms with Gasteiger partial charge in [-0.05, 0) is 37.5 Å². The van der Waals surface area contributed by atoms with E-state index in [0.29, 0.717) is 18.7 Å². The average molecular weight is 354 g/mol. The molecule has 134 valence electrons. The highest BCUT2D eigenvalue weighted by molar-refractivity contribution is 5.94. The van der Waals surface area contributed by atoms with Crippen LogP contribution in [0, 0.1) is 5.92 Å². The molecule has 0 aromatic heterocycles. The number of hydrogen-bond acceptors (Lipinski definition) is 3. The molecule has 0 spiro atoms. The van der Waals surface area contributed by atoms with E-state index in [0.717, 1.165) is 31.2 Å². The van der Waals surface area contributed by atoms with E-state index in [-0.39, 0.29) is 36.2 Å². The van der Waals surface area contributed by atoms with E-state index >= 15 is 0 Å². The fourth-order valence-electron chi connectivity index (χ4n) is 2.85. The van der Waals surface area contributed by atoms with Crippen molar-refractivity contribution in [3.05, 3.63) is 35.4 Å². The standard InChI is InChI=1S/C18H27N3O2.ClH/c1-13(11-19)21(2)18(23)16-9-7-14(8-10-16)12-20-17(22)15-5-3-4-6-15;/h7-10,13,15H,3-6,11-12,19H2,1-2H3,(H,20,22);1H. The number of rotatable bonds is 6. The van der Waals surface area contributed by atoms with Gasteiger partial charge in [-0.25, -0.2) is 0 Å². The molecule has 1 aromatic rings. The lowest BCUT2D eigenvalue weighted by Gasteiger charge is -2.23. The lowest BCUT2D eigenvalue weighted by Crippen LogP contribution is -2.39. The van der Waals surface area contributed by atoms with Crippen LogP contribution >= 0.6 is 12.4 Å². The minimum absolute atomic E-state index is 0. The second-order valence-electron chi connectivity index (χ2n) is 6.40. The van der Waals surface area contributed by atoms with E-state index in [4.69, 9.17) is 5.73 Å². The first-order chi connectivity index (χ1) is 11.0. The summed E-state index contributed by atoms with van der Waals surface area (Å²) < 4.78 is 0. The first kappa shape index (κ1) is 20.5. The summed E-state index contributed by atoms with van der Waals surface area (Å²) >= 11 is 0. The maximum Gasteiger partial charge on any atom is 0.253 e. The summed E-state index contributed by atoms with van der Waals surface area (Å²) in [5.41, 5.74) is 7.24. The van der Waals surface area contributed by atoms with Crippen molar-refractivity contribution in [3.63, 3.8) is 0 Å². The number of nitrogens with one attached hydrogen (secondary N) is 1. The highest BCUT2D eigenvalue weighted by Crippen LogP contribution is 2.24. The monoisotopic (exact) mass is 353 g/mol. The van der Waals surface area contributed by atoms with Crippen LogP contribution in [0.2, 0.25) is 0 Å². The summed E-state index contributed by atoms with van der Waals surface area (Å²) in [7, 11) is 1.76. The number of nitrogens with two attached hydrogens (primary N) is 1. The molecule has 0 radical (unpaired) electrons. The maximum atomic E-state index is 12.3.